The summed E-state index contributed by atoms with van der Waals surface area (Å²) in [5, 5.41) is 6.55. The number of benzene rings is 1. The Morgan fingerprint density at radius 2 is 2.10 bits per heavy atom. The first-order chi connectivity index (χ1) is 9.61. The smallest absolute Gasteiger partial charge is 0.327 e. The molecule has 0 spiro atoms. The van der Waals surface area contributed by atoms with Gasteiger partial charge in [-0.3, -0.25) is 0 Å². The molecule has 1 N–H and O–H groups in total. The lowest BCUT2D eigenvalue weighted by atomic mass is 9.96. The van der Waals surface area contributed by atoms with Gasteiger partial charge in [-0.2, -0.15) is 0 Å². The maximum Gasteiger partial charge on any atom is 0.327 e. The number of nitrogens with one attached hydrogen (secondary N) is 1. The fourth-order valence-electron chi connectivity index (χ4n) is 2.12. The Morgan fingerprint density at radius 3 is 2.65 bits per heavy atom. The van der Waals surface area contributed by atoms with Crippen LogP contribution in [0.1, 0.15) is 29.7 Å². The second kappa shape index (κ2) is 8.19. The first-order valence-corrected chi connectivity index (χ1v) is 6.58. The Bertz CT molecular complexity index is 490. The molecule has 0 aromatic heterocycles. The zero-order valence-corrected chi connectivity index (χ0v) is 12.1. The molecule has 1 aromatic carbocycles. The average Bonchev–Trinajstić information content (AvgIpc) is 2.41. The zero-order chi connectivity index (χ0) is 15.0. The normalized spacial score (nSPS) is 11.6. The fourth-order valence-corrected chi connectivity index (χ4v) is 2.12. The Labute approximate surface area is 118 Å². The first-order valence-electron chi connectivity index (χ1n) is 6.58. The lowest BCUT2D eigenvalue weighted by Crippen LogP contribution is -2.33. The molecule has 1 rings (SSSR count). The molecule has 6 nitrogen and oxygen atoms in total. The molecule has 0 saturated carbocycles. The van der Waals surface area contributed by atoms with Crippen LogP contribution in [0, 0.1) is 13.8 Å². The third-order valence-corrected chi connectivity index (χ3v) is 2.98. The molecule has 6 heteroatoms. The van der Waals surface area contributed by atoms with Crippen LogP contribution in [-0.2, 0) is 9.53 Å². The Morgan fingerprint density at radius 1 is 1.45 bits per heavy atom. The van der Waals surface area contributed by atoms with Gasteiger partial charge in [0.2, 0.25) is 0 Å². The van der Waals surface area contributed by atoms with Crippen LogP contribution < -0.4 is 5.32 Å². The molecule has 1 atom stereocenters. The van der Waals surface area contributed by atoms with E-state index >= 15 is 0 Å². The van der Waals surface area contributed by atoms with E-state index in [4.69, 9.17) is 10.3 Å². The monoisotopic (exact) mass is 276 g/mol. The summed E-state index contributed by atoms with van der Waals surface area (Å²) in [6.07, 6.45) is 0. The van der Waals surface area contributed by atoms with E-state index in [2.05, 4.69) is 15.3 Å². The number of nitrogens with zero attached hydrogens (tertiary/aromatic N) is 3. The molecule has 1 unspecified atom stereocenters. The maximum absolute atomic E-state index is 12.1. The lowest BCUT2D eigenvalue weighted by molar-refractivity contribution is -0.145. The molecule has 0 aliphatic rings. The van der Waals surface area contributed by atoms with Crippen LogP contribution in [0.3, 0.4) is 0 Å². The third-order valence-electron chi connectivity index (χ3n) is 2.98. The molecular weight excluding hydrogens is 256 g/mol. The molecule has 0 aliphatic carbocycles. The molecule has 20 heavy (non-hydrogen) atoms. The molecule has 0 aliphatic heterocycles. The summed E-state index contributed by atoms with van der Waals surface area (Å²) in [7, 11) is 0. The number of carbonyl (C=O) groups excluding carboxylic acids is 1. The van der Waals surface area contributed by atoms with Crippen molar-refractivity contribution in [1.29, 1.82) is 0 Å². The molecule has 0 heterocycles. The van der Waals surface area contributed by atoms with Crippen molar-refractivity contribution in [2.24, 2.45) is 5.11 Å². The van der Waals surface area contributed by atoms with Gasteiger partial charge in [-0.1, -0.05) is 23.3 Å². The molecule has 0 radical (unpaired) electrons. The van der Waals surface area contributed by atoms with E-state index in [0.717, 1.165) is 16.7 Å². The average molecular weight is 276 g/mol. The highest BCUT2D eigenvalue weighted by molar-refractivity contribution is 5.78. The second-order valence-corrected chi connectivity index (χ2v) is 4.40. The summed E-state index contributed by atoms with van der Waals surface area (Å²) in [6.45, 7) is 6.74. The van der Waals surface area contributed by atoms with Gasteiger partial charge in [-0.05, 0) is 43.0 Å². The number of rotatable bonds is 7. The van der Waals surface area contributed by atoms with Gasteiger partial charge in [-0.25, -0.2) is 4.79 Å². The third kappa shape index (κ3) is 4.26. The van der Waals surface area contributed by atoms with Crippen LogP contribution in [0.2, 0.25) is 0 Å². The number of carbonyl (C=O) groups is 1. The van der Waals surface area contributed by atoms with Crippen molar-refractivity contribution in [2.75, 3.05) is 19.7 Å². The van der Waals surface area contributed by atoms with Crippen molar-refractivity contribution >= 4 is 5.97 Å². The Hall–Kier alpha value is -2.04. The number of hydrogen-bond acceptors (Lipinski definition) is 4. The summed E-state index contributed by atoms with van der Waals surface area (Å²) >= 11 is 0. The van der Waals surface area contributed by atoms with Crippen molar-refractivity contribution in [1.82, 2.24) is 5.32 Å². The highest BCUT2D eigenvalue weighted by Crippen LogP contribution is 2.23. The zero-order valence-electron chi connectivity index (χ0n) is 12.1. The number of hydrogen-bond donors (Lipinski definition) is 1. The quantitative estimate of drug-likeness (QED) is 0.273. The SMILES string of the molecule is CCOC(=O)C(NCCN=[N+]=[N-])c1c(C)cccc1C. The van der Waals surface area contributed by atoms with Gasteiger partial charge in [-0.15, -0.1) is 0 Å². The highest BCUT2D eigenvalue weighted by atomic mass is 16.5. The van der Waals surface area contributed by atoms with Crippen molar-refractivity contribution in [3.8, 4) is 0 Å². The van der Waals surface area contributed by atoms with Crippen molar-refractivity contribution in [3.63, 3.8) is 0 Å². The van der Waals surface area contributed by atoms with Crippen LogP contribution in [0.4, 0.5) is 0 Å². The molecule has 0 saturated heterocycles. The topological polar surface area (TPSA) is 87.1 Å². The Kier molecular flexibility index (Phi) is 6.56. The van der Waals surface area contributed by atoms with Crippen LogP contribution in [0.25, 0.3) is 10.4 Å². The van der Waals surface area contributed by atoms with E-state index < -0.39 is 6.04 Å². The summed E-state index contributed by atoms with van der Waals surface area (Å²) in [4.78, 5) is 14.8. The summed E-state index contributed by atoms with van der Waals surface area (Å²) in [5.74, 6) is -0.314. The summed E-state index contributed by atoms with van der Waals surface area (Å²) in [6, 6.07) is 5.34. The van der Waals surface area contributed by atoms with E-state index in [1.165, 1.54) is 0 Å². The van der Waals surface area contributed by atoms with Crippen LogP contribution in [0.5, 0.6) is 0 Å². The van der Waals surface area contributed by atoms with E-state index in [0.29, 0.717) is 13.2 Å². The van der Waals surface area contributed by atoms with Gasteiger partial charge >= 0.3 is 5.97 Å². The lowest BCUT2D eigenvalue weighted by Gasteiger charge is -2.21. The summed E-state index contributed by atoms with van der Waals surface area (Å²) < 4.78 is 5.12. The largest absolute Gasteiger partial charge is 0.465 e. The van der Waals surface area contributed by atoms with Gasteiger partial charge in [0.25, 0.3) is 0 Å². The predicted molar refractivity (Wildman–Crippen MR) is 77.3 cm³/mol. The van der Waals surface area contributed by atoms with Crippen molar-refractivity contribution in [3.05, 3.63) is 45.3 Å². The molecule has 1 aromatic rings. The van der Waals surface area contributed by atoms with Crippen LogP contribution in [0.15, 0.2) is 23.3 Å². The van der Waals surface area contributed by atoms with E-state index in [-0.39, 0.29) is 12.5 Å². The second-order valence-electron chi connectivity index (χ2n) is 4.40. The van der Waals surface area contributed by atoms with Crippen molar-refractivity contribution < 1.29 is 9.53 Å². The van der Waals surface area contributed by atoms with E-state index in [9.17, 15) is 4.79 Å². The molecule has 0 amide bonds. The van der Waals surface area contributed by atoms with Gasteiger partial charge in [0, 0.05) is 18.0 Å². The number of esters is 1. The number of azide groups is 1. The predicted octanol–water partition coefficient (Wildman–Crippen LogP) is 2.81. The standard InChI is InChI=1S/C14H20N4O2/c1-4-20-14(19)13(16-8-9-17-18-15)12-10(2)6-5-7-11(12)3/h5-7,13,16H,4,8-9H2,1-3H3. The van der Waals surface area contributed by atoms with E-state index in [1.54, 1.807) is 6.92 Å². The highest BCUT2D eigenvalue weighted by Gasteiger charge is 2.24. The minimum absolute atomic E-state index is 0.289. The number of aryl methyl sites for hydroxylation is 2. The molecule has 108 valence electrons. The number of ether oxygens (including phenoxy) is 1. The Balaban J connectivity index is 2.97. The first kappa shape index (κ1) is 16.0. The van der Waals surface area contributed by atoms with Crippen molar-refractivity contribution in [2.45, 2.75) is 26.8 Å². The molecular formula is C14H20N4O2. The van der Waals surface area contributed by atoms with Gasteiger partial charge in [0.05, 0.1) is 6.61 Å². The maximum atomic E-state index is 12.1. The van der Waals surface area contributed by atoms with E-state index in [1.807, 2.05) is 32.0 Å². The van der Waals surface area contributed by atoms with Gasteiger partial charge in [0.1, 0.15) is 6.04 Å². The molecule has 0 bridgehead atoms. The van der Waals surface area contributed by atoms with Crippen LogP contribution >= 0.6 is 0 Å². The minimum atomic E-state index is -0.537. The molecule has 0 fully saturated rings. The summed E-state index contributed by atoms with van der Waals surface area (Å²) in [5.41, 5.74) is 11.2. The minimum Gasteiger partial charge on any atom is -0.465 e. The van der Waals surface area contributed by atoms with Gasteiger partial charge in [0.15, 0.2) is 0 Å². The van der Waals surface area contributed by atoms with Crippen LogP contribution in [-0.4, -0.2) is 25.7 Å². The van der Waals surface area contributed by atoms with Gasteiger partial charge < -0.3 is 10.1 Å². The fraction of sp³-hybridized carbons (Fsp3) is 0.500.